The molecule has 0 aliphatic heterocycles. The molecule has 3 rings (SSSR count). The number of aryl methyl sites for hydroxylation is 1. The van der Waals surface area contributed by atoms with E-state index >= 15 is 0 Å². The lowest BCUT2D eigenvalue weighted by molar-refractivity contribution is 1.26. The van der Waals surface area contributed by atoms with Crippen LogP contribution in [0.4, 0.5) is 5.69 Å². The van der Waals surface area contributed by atoms with Crippen LogP contribution in [0.3, 0.4) is 0 Å². The fraction of sp³-hybridized carbons (Fsp3) is 0.0625. The number of benzene rings is 2. The van der Waals surface area contributed by atoms with Gasteiger partial charge in [-0.2, -0.15) is 0 Å². The summed E-state index contributed by atoms with van der Waals surface area (Å²) in [5.41, 5.74) is 11.0. The number of aromatic nitrogens is 1. The number of para-hydroxylation sites is 1. The second-order valence-corrected chi connectivity index (χ2v) is 4.42. The van der Waals surface area contributed by atoms with Gasteiger partial charge in [-0.3, -0.25) is 4.98 Å². The number of pyridine rings is 1. The van der Waals surface area contributed by atoms with Crippen LogP contribution in [0.25, 0.3) is 22.0 Å². The SMILES string of the molecule is Cc1cc(-c2ccccc2)c2cccc(N)c2n1. The number of hydrogen-bond acceptors (Lipinski definition) is 2. The first kappa shape index (κ1) is 10.8. The summed E-state index contributed by atoms with van der Waals surface area (Å²) in [5.74, 6) is 0. The Kier molecular flexibility index (Phi) is 2.49. The van der Waals surface area contributed by atoms with Gasteiger partial charge in [-0.05, 0) is 30.2 Å². The van der Waals surface area contributed by atoms with Gasteiger partial charge in [0, 0.05) is 11.1 Å². The number of nitrogens with two attached hydrogens (primary N) is 1. The highest BCUT2D eigenvalue weighted by Crippen LogP contribution is 2.30. The summed E-state index contributed by atoms with van der Waals surface area (Å²) in [4.78, 5) is 4.54. The molecule has 88 valence electrons. The summed E-state index contributed by atoms with van der Waals surface area (Å²) in [7, 11) is 0. The van der Waals surface area contributed by atoms with Crippen molar-refractivity contribution >= 4 is 16.6 Å². The number of nitrogens with zero attached hydrogens (tertiary/aromatic N) is 1. The van der Waals surface area contributed by atoms with E-state index in [-0.39, 0.29) is 0 Å². The Balaban J connectivity index is 2.39. The molecule has 0 amide bonds. The first-order valence-corrected chi connectivity index (χ1v) is 5.97. The molecule has 0 saturated carbocycles. The Bertz CT molecular complexity index is 703. The molecule has 0 fully saturated rings. The quantitative estimate of drug-likeness (QED) is 0.650. The molecule has 0 aliphatic carbocycles. The zero-order valence-electron chi connectivity index (χ0n) is 10.2. The lowest BCUT2D eigenvalue weighted by Gasteiger charge is -2.09. The third-order valence-corrected chi connectivity index (χ3v) is 3.08. The highest BCUT2D eigenvalue weighted by atomic mass is 14.7. The van der Waals surface area contributed by atoms with Crippen LogP contribution < -0.4 is 5.73 Å². The highest BCUT2D eigenvalue weighted by molar-refractivity contribution is 6.00. The van der Waals surface area contributed by atoms with Crippen LogP contribution in [0.1, 0.15) is 5.69 Å². The van der Waals surface area contributed by atoms with E-state index in [1.165, 1.54) is 11.1 Å². The van der Waals surface area contributed by atoms with Crippen molar-refractivity contribution in [2.75, 3.05) is 5.73 Å². The van der Waals surface area contributed by atoms with Crippen LogP contribution in [-0.2, 0) is 0 Å². The van der Waals surface area contributed by atoms with E-state index in [1.807, 2.05) is 37.3 Å². The van der Waals surface area contributed by atoms with Gasteiger partial charge in [0.2, 0.25) is 0 Å². The predicted molar refractivity (Wildman–Crippen MR) is 76.3 cm³/mol. The van der Waals surface area contributed by atoms with Gasteiger partial charge in [-0.25, -0.2) is 0 Å². The standard InChI is InChI=1S/C16H14N2/c1-11-10-14(12-6-3-2-4-7-12)13-8-5-9-15(17)16(13)18-11/h2-10H,17H2,1H3. The van der Waals surface area contributed by atoms with Crippen molar-refractivity contribution in [1.29, 1.82) is 0 Å². The lowest BCUT2D eigenvalue weighted by atomic mass is 10.00. The number of anilines is 1. The van der Waals surface area contributed by atoms with E-state index in [2.05, 4.69) is 29.2 Å². The molecule has 2 heteroatoms. The Morgan fingerprint density at radius 3 is 2.50 bits per heavy atom. The molecule has 2 nitrogen and oxygen atoms in total. The summed E-state index contributed by atoms with van der Waals surface area (Å²) >= 11 is 0. The fourth-order valence-electron chi connectivity index (χ4n) is 2.26. The molecule has 0 spiro atoms. The Hall–Kier alpha value is -2.35. The minimum Gasteiger partial charge on any atom is -0.397 e. The van der Waals surface area contributed by atoms with Gasteiger partial charge in [0.25, 0.3) is 0 Å². The van der Waals surface area contributed by atoms with Crippen molar-refractivity contribution in [2.24, 2.45) is 0 Å². The molecule has 0 saturated heterocycles. The van der Waals surface area contributed by atoms with Gasteiger partial charge in [-0.1, -0.05) is 42.5 Å². The van der Waals surface area contributed by atoms with Crippen LogP contribution in [0, 0.1) is 6.92 Å². The number of hydrogen-bond donors (Lipinski definition) is 1. The molecule has 0 radical (unpaired) electrons. The van der Waals surface area contributed by atoms with E-state index < -0.39 is 0 Å². The van der Waals surface area contributed by atoms with Crippen molar-refractivity contribution in [3.05, 3.63) is 60.3 Å². The van der Waals surface area contributed by atoms with Crippen LogP contribution in [0.15, 0.2) is 54.6 Å². The van der Waals surface area contributed by atoms with Crippen molar-refractivity contribution in [3.8, 4) is 11.1 Å². The largest absolute Gasteiger partial charge is 0.397 e. The van der Waals surface area contributed by atoms with Gasteiger partial charge < -0.3 is 5.73 Å². The summed E-state index contributed by atoms with van der Waals surface area (Å²) in [6, 6.07) is 18.4. The zero-order valence-corrected chi connectivity index (χ0v) is 10.2. The second kappa shape index (κ2) is 4.15. The van der Waals surface area contributed by atoms with Gasteiger partial charge in [-0.15, -0.1) is 0 Å². The van der Waals surface area contributed by atoms with Gasteiger partial charge in [0.1, 0.15) is 0 Å². The molecule has 2 aromatic carbocycles. The molecule has 2 N–H and O–H groups in total. The summed E-state index contributed by atoms with van der Waals surface area (Å²) in [6.45, 7) is 2.00. The topological polar surface area (TPSA) is 38.9 Å². The molecule has 1 heterocycles. The van der Waals surface area contributed by atoms with E-state index in [0.717, 1.165) is 22.3 Å². The first-order valence-electron chi connectivity index (χ1n) is 5.97. The first-order chi connectivity index (χ1) is 8.75. The van der Waals surface area contributed by atoms with Crippen LogP contribution in [0.5, 0.6) is 0 Å². The van der Waals surface area contributed by atoms with E-state index in [9.17, 15) is 0 Å². The smallest absolute Gasteiger partial charge is 0.0940 e. The summed E-state index contributed by atoms with van der Waals surface area (Å²) < 4.78 is 0. The summed E-state index contributed by atoms with van der Waals surface area (Å²) in [5, 5.41) is 1.10. The van der Waals surface area contributed by atoms with Crippen molar-refractivity contribution in [3.63, 3.8) is 0 Å². The molecule has 3 aromatic rings. The molecule has 0 bridgehead atoms. The second-order valence-electron chi connectivity index (χ2n) is 4.42. The van der Waals surface area contributed by atoms with Crippen LogP contribution in [-0.4, -0.2) is 4.98 Å². The monoisotopic (exact) mass is 234 g/mol. The molecule has 0 unspecified atom stereocenters. The van der Waals surface area contributed by atoms with Gasteiger partial charge in [0.05, 0.1) is 11.2 Å². The Morgan fingerprint density at radius 2 is 1.72 bits per heavy atom. The Labute approximate surface area is 106 Å². The molecule has 18 heavy (non-hydrogen) atoms. The third kappa shape index (κ3) is 1.72. The highest BCUT2D eigenvalue weighted by Gasteiger charge is 2.07. The fourth-order valence-corrected chi connectivity index (χ4v) is 2.26. The Morgan fingerprint density at radius 1 is 0.944 bits per heavy atom. The van der Waals surface area contributed by atoms with Crippen molar-refractivity contribution in [1.82, 2.24) is 4.98 Å². The molecular formula is C16H14N2. The van der Waals surface area contributed by atoms with Crippen LogP contribution >= 0.6 is 0 Å². The predicted octanol–water partition coefficient (Wildman–Crippen LogP) is 3.79. The normalized spacial score (nSPS) is 10.7. The average Bonchev–Trinajstić information content (AvgIpc) is 2.40. The van der Waals surface area contributed by atoms with E-state index in [1.54, 1.807) is 0 Å². The summed E-state index contributed by atoms with van der Waals surface area (Å²) in [6.07, 6.45) is 0. The minimum absolute atomic E-state index is 0.730. The van der Waals surface area contributed by atoms with E-state index in [0.29, 0.717) is 0 Å². The van der Waals surface area contributed by atoms with Crippen molar-refractivity contribution in [2.45, 2.75) is 6.92 Å². The number of fused-ring (bicyclic) bond motifs is 1. The maximum Gasteiger partial charge on any atom is 0.0940 e. The number of rotatable bonds is 1. The van der Waals surface area contributed by atoms with Gasteiger partial charge >= 0.3 is 0 Å². The molecular weight excluding hydrogens is 220 g/mol. The van der Waals surface area contributed by atoms with Gasteiger partial charge in [0.15, 0.2) is 0 Å². The number of nitrogen functional groups attached to an aromatic ring is 1. The average molecular weight is 234 g/mol. The molecule has 0 atom stereocenters. The maximum absolute atomic E-state index is 6.01. The molecule has 1 aromatic heterocycles. The third-order valence-electron chi connectivity index (χ3n) is 3.08. The van der Waals surface area contributed by atoms with Crippen molar-refractivity contribution < 1.29 is 0 Å². The maximum atomic E-state index is 6.01. The molecule has 0 aliphatic rings. The zero-order chi connectivity index (χ0) is 12.5. The van der Waals surface area contributed by atoms with E-state index in [4.69, 9.17) is 5.73 Å². The lowest BCUT2D eigenvalue weighted by Crippen LogP contribution is -1.93. The van der Waals surface area contributed by atoms with Crippen LogP contribution in [0.2, 0.25) is 0 Å². The minimum atomic E-state index is 0.730.